The molecule has 20 heavy (non-hydrogen) atoms. The number of hydrogen-bond acceptors (Lipinski definition) is 3. The fraction of sp³-hybridized carbons (Fsp3) is 0.125. The molecule has 4 heteroatoms. The van der Waals surface area contributed by atoms with E-state index in [1.165, 1.54) is 0 Å². The minimum Gasteiger partial charge on any atom is -0.330 e. The largest absolute Gasteiger partial charge is 0.330 e. The van der Waals surface area contributed by atoms with E-state index in [4.69, 9.17) is 0 Å². The maximum absolute atomic E-state index is 11.8. The van der Waals surface area contributed by atoms with Gasteiger partial charge in [-0.3, -0.25) is 9.59 Å². The van der Waals surface area contributed by atoms with E-state index in [0.717, 1.165) is 17.1 Å². The number of carbonyl (C=O) groups is 2. The first-order chi connectivity index (χ1) is 9.65. The topological polar surface area (TPSA) is 49.4 Å². The van der Waals surface area contributed by atoms with Crippen LogP contribution in [0.3, 0.4) is 0 Å². The van der Waals surface area contributed by atoms with E-state index in [1.807, 2.05) is 41.3 Å². The summed E-state index contributed by atoms with van der Waals surface area (Å²) in [5, 5.41) is 2.85. The standard InChI is InChI=1S/C16H14N2O2/c1-11(19)12-6-8-13(9-7-12)18-10-16(20)17-14-4-2-3-5-15(14)18/h2-9H,10H2,1H3,(H,17,20). The Morgan fingerprint density at radius 2 is 1.80 bits per heavy atom. The summed E-state index contributed by atoms with van der Waals surface area (Å²) >= 11 is 0. The zero-order chi connectivity index (χ0) is 14.1. The molecule has 1 aliphatic heterocycles. The SMILES string of the molecule is CC(=O)c1ccc(N2CC(=O)Nc3ccccc32)cc1. The molecule has 0 atom stereocenters. The molecule has 0 saturated carbocycles. The predicted octanol–water partition coefficient (Wildman–Crippen LogP) is 2.98. The molecule has 0 aliphatic carbocycles. The molecule has 0 aromatic heterocycles. The monoisotopic (exact) mass is 266 g/mol. The lowest BCUT2D eigenvalue weighted by atomic mass is 10.1. The molecule has 1 amide bonds. The van der Waals surface area contributed by atoms with E-state index in [0.29, 0.717) is 5.56 Å². The van der Waals surface area contributed by atoms with E-state index >= 15 is 0 Å². The smallest absolute Gasteiger partial charge is 0.244 e. The number of hydrogen-bond donors (Lipinski definition) is 1. The number of ketones is 1. The number of benzene rings is 2. The number of fused-ring (bicyclic) bond motifs is 1. The van der Waals surface area contributed by atoms with Crippen LogP contribution in [0.5, 0.6) is 0 Å². The van der Waals surface area contributed by atoms with Gasteiger partial charge in [-0.25, -0.2) is 0 Å². The van der Waals surface area contributed by atoms with Crippen LogP contribution in [0.2, 0.25) is 0 Å². The number of anilines is 3. The lowest BCUT2D eigenvalue weighted by Crippen LogP contribution is -2.34. The van der Waals surface area contributed by atoms with Gasteiger partial charge in [0.25, 0.3) is 0 Å². The van der Waals surface area contributed by atoms with Gasteiger partial charge in [-0.05, 0) is 43.3 Å². The molecule has 1 aliphatic rings. The molecular formula is C16H14N2O2. The first-order valence-electron chi connectivity index (χ1n) is 6.42. The fourth-order valence-corrected chi connectivity index (χ4v) is 2.34. The normalized spacial score (nSPS) is 13.7. The molecule has 1 heterocycles. The average molecular weight is 266 g/mol. The summed E-state index contributed by atoms with van der Waals surface area (Å²) in [6, 6.07) is 15.0. The highest BCUT2D eigenvalue weighted by molar-refractivity contribution is 6.03. The summed E-state index contributed by atoms with van der Waals surface area (Å²) in [6.07, 6.45) is 0. The van der Waals surface area contributed by atoms with Crippen molar-refractivity contribution >= 4 is 28.8 Å². The number of rotatable bonds is 2. The van der Waals surface area contributed by atoms with Crippen LogP contribution in [-0.2, 0) is 4.79 Å². The van der Waals surface area contributed by atoms with E-state index in [9.17, 15) is 9.59 Å². The Hall–Kier alpha value is -2.62. The lowest BCUT2D eigenvalue weighted by Gasteiger charge is -2.30. The highest BCUT2D eigenvalue weighted by atomic mass is 16.2. The summed E-state index contributed by atoms with van der Waals surface area (Å²) in [4.78, 5) is 25.0. The third-order valence-electron chi connectivity index (χ3n) is 3.36. The molecule has 0 spiro atoms. The zero-order valence-corrected chi connectivity index (χ0v) is 11.1. The van der Waals surface area contributed by atoms with E-state index < -0.39 is 0 Å². The van der Waals surface area contributed by atoms with E-state index in [2.05, 4.69) is 5.32 Å². The maximum Gasteiger partial charge on any atom is 0.244 e. The number of nitrogens with zero attached hydrogens (tertiary/aromatic N) is 1. The third-order valence-corrected chi connectivity index (χ3v) is 3.36. The van der Waals surface area contributed by atoms with Gasteiger partial charge in [-0.2, -0.15) is 0 Å². The summed E-state index contributed by atoms with van der Waals surface area (Å²) in [5.74, 6) is -0.00678. The van der Waals surface area contributed by atoms with Crippen molar-refractivity contribution in [1.29, 1.82) is 0 Å². The van der Waals surface area contributed by atoms with Crippen molar-refractivity contribution in [3.05, 3.63) is 54.1 Å². The van der Waals surface area contributed by atoms with Crippen LogP contribution >= 0.6 is 0 Å². The number of Topliss-reactive ketones (excluding diaryl/α,β-unsaturated/α-hetero) is 1. The predicted molar refractivity (Wildman–Crippen MR) is 78.5 cm³/mol. The molecule has 3 rings (SSSR count). The molecular weight excluding hydrogens is 252 g/mol. The second kappa shape index (κ2) is 4.81. The van der Waals surface area contributed by atoms with Crippen LogP contribution in [0.1, 0.15) is 17.3 Å². The van der Waals surface area contributed by atoms with Crippen molar-refractivity contribution in [3.63, 3.8) is 0 Å². The maximum atomic E-state index is 11.8. The summed E-state index contributed by atoms with van der Waals surface area (Å²) in [5.41, 5.74) is 3.34. The summed E-state index contributed by atoms with van der Waals surface area (Å²) < 4.78 is 0. The van der Waals surface area contributed by atoms with Crippen LogP contribution in [0, 0.1) is 0 Å². The van der Waals surface area contributed by atoms with Gasteiger partial charge in [-0.1, -0.05) is 12.1 Å². The quantitative estimate of drug-likeness (QED) is 0.850. The molecule has 2 aromatic rings. The van der Waals surface area contributed by atoms with Crippen molar-refractivity contribution in [2.24, 2.45) is 0 Å². The Morgan fingerprint density at radius 1 is 1.10 bits per heavy atom. The van der Waals surface area contributed by atoms with Gasteiger partial charge in [0.15, 0.2) is 5.78 Å². The second-order valence-electron chi connectivity index (χ2n) is 4.75. The second-order valence-corrected chi connectivity index (χ2v) is 4.75. The van der Waals surface area contributed by atoms with E-state index in [1.54, 1.807) is 19.1 Å². The highest BCUT2D eigenvalue weighted by Crippen LogP contribution is 2.34. The molecule has 1 N–H and O–H groups in total. The molecule has 4 nitrogen and oxygen atoms in total. The Balaban J connectivity index is 2.01. The fourth-order valence-electron chi connectivity index (χ4n) is 2.34. The minimum atomic E-state index is -0.0423. The molecule has 0 radical (unpaired) electrons. The molecule has 0 fully saturated rings. The lowest BCUT2D eigenvalue weighted by molar-refractivity contribution is -0.115. The van der Waals surface area contributed by atoms with Gasteiger partial charge in [0.05, 0.1) is 11.4 Å². The number of nitrogens with one attached hydrogen (secondary N) is 1. The van der Waals surface area contributed by atoms with Gasteiger partial charge < -0.3 is 10.2 Å². The average Bonchev–Trinajstić information content (AvgIpc) is 2.46. The van der Waals surface area contributed by atoms with Gasteiger partial charge in [0.2, 0.25) is 5.91 Å². The summed E-state index contributed by atoms with van der Waals surface area (Å²) in [7, 11) is 0. The first kappa shape index (κ1) is 12.4. The molecule has 0 bridgehead atoms. The summed E-state index contributed by atoms with van der Waals surface area (Å²) in [6.45, 7) is 1.81. The molecule has 2 aromatic carbocycles. The molecule has 0 unspecified atom stereocenters. The Morgan fingerprint density at radius 3 is 2.50 bits per heavy atom. The van der Waals surface area contributed by atoms with Crippen LogP contribution < -0.4 is 10.2 Å². The van der Waals surface area contributed by atoms with Gasteiger partial charge in [-0.15, -0.1) is 0 Å². The Bertz CT molecular complexity index is 677. The van der Waals surface area contributed by atoms with E-state index in [-0.39, 0.29) is 18.2 Å². The van der Waals surface area contributed by atoms with Crippen molar-refractivity contribution in [1.82, 2.24) is 0 Å². The van der Waals surface area contributed by atoms with Crippen molar-refractivity contribution in [2.75, 3.05) is 16.8 Å². The highest BCUT2D eigenvalue weighted by Gasteiger charge is 2.22. The van der Waals surface area contributed by atoms with Crippen LogP contribution in [-0.4, -0.2) is 18.2 Å². The number of carbonyl (C=O) groups excluding carboxylic acids is 2. The van der Waals surface area contributed by atoms with Crippen LogP contribution in [0.25, 0.3) is 0 Å². The minimum absolute atomic E-state index is 0.0355. The zero-order valence-electron chi connectivity index (χ0n) is 11.1. The first-order valence-corrected chi connectivity index (χ1v) is 6.42. The third kappa shape index (κ3) is 2.16. The van der Waals surface area contributed by atoms with Crippen molar-refractivity contribution in [2.45, 2.75) is 6.92 Å². The number of amides is 1. The van der Waals surface area contributed by atoms with Gasteiger partial charge in [0, 0.05) is 11.3 Å². The molecule has 0 saturated heterocycles. The van der Waals surface area contributed by atoms with Gasteiger partial charge >= 0.3 is 0 Å². The van der Waals surface area contributed by atoms with Crippen LogP contribution in [0.4, 0.5) is 17.1 Å². The Kier molecular flexibility index (Phi) is 2.99. The van der Waals surface area contributed by atoms with Crippen molar-refractivity contribution < 1.29 is 9.59 Å². The number of para-hydroxylation sites is 2. The van der Waals surface area contributed by atoms with Gasteiger partial charge in [0.1, 0.15) is 6.54 Å². The van der Waals surface area contributed by atoms with Crippen molar-refractivity contribution in [3.8, 4) is 0 Å². The molecule has 100 valence electrons. The van der Waals surface area contributed by atoms with Crippen LogP contribution in [0.15, 0.2) is 48.5 Å². The Labute approximate surface area is 117 Å².